The number of β-amino-alcohol motifs (C(OH)–C–C–N with tert-alkyl or cyclic N) is 1. The van der Waals surface area contributed by atoms with Crippen molar-refractivity contribution in [2.45, 2.75) is 44.8 Å². The Hall–Kier alpha value is -2.41. The molecule has 1 aromatic rings. The number of imide groups is 1. The van der Waals surface area contributed by atoms with Crippen molar-refractivity contribution in [1.82, 2.24) is 10.2 Å². The molecule has 7 nitrogen and oxygen atoms in total. The van der Waals surface area contributed by atoms with E-state index in [-0.39, 0.29) is 30.8 Å². The van der Waals surface area contributed by atoms with Crippen LogP contribution in [-0.2, 0) is 4.79 Å². The Labute approximate surface area is 152 Å². The van der Waals surface area contributed by atoms with Gasteiger partial charge in [0, 0.05) is 12.0 Å². The molecule has 3 rings (SSSR count). The number of nitrogens with zero attached hydrogens (tertiary/aromatic N) is 1. The van der Waals surface area contributed by atoms with E-state index in [1.165, 1.54) is 0 Å². The van der Waals surface area contributed by atoms with Crippen LogP contribution in [0.15, 0.2) is 24.3 Å². The van der Waals surface area contributed by atoms with E-state index in [1.54, 1.807) is 38.1 Å². The fourth-order valence-corrected chi connectivity index (χ4v) is 3.22. The van der Waals surface area contributed by atoms with Crippen LogP contribution in [0.5, 0.6) is 5.75 Å². The minimum atomic E-state index is -0.997. The zero-order valence-corrected chi connectivity index (χ0v) is 15.0. The summed E-state index contributed by atoms with van der Waals surface area (Å²) in [7, 11) is 0. The lowest BCUT2D eigenvalue weighted by atomic mass is 9.96. The maximum atomic E-state index is 12.5. The Morgan fingerprint density at radius 3 is 2.58 bits per heavy atom. The molecule has 0 spiro atoms. The highest BCUT2D eigenvalue weighted by molar-refractivity contribution is 6.07. The van der Waals surface area contributed by atoms with Crippen molar-refractivity contribution in [3.63, 3.8) is 0 Å². The molecule has 7 heteroatoms. The minimum absolute atomic E-state index is 0.0499. The SMILES string of the molecule is CCC(=O)c1ccc(OCC(O)CN2C(=O)NC(C)(C3CC3)C2=O)cc1. The summed E-state index contributed by atoms with van der Waals surface area (Å²) in [6, 6.07) is 6.20. The lowest BCUT2D eigenvalue weighted by molar-refractivity contribution is -0.132. The zero-order chi connectivity index (χ0) is 18.9. The molecule has 2 N–H and O–H groups in total. The maximum absolute atomic E-state index is 12.5. The normalized spacial score (nSPS) is 23.7. The molecule has 2 atom stereocenters. The van der Waals surface area contributed by atoms with Crippen LogP contribution in [0.4, 0.5) is 4.79 Å². The molecule has 1 heterocycles. The number of urea groups is 1. The molecule has 3 amide bonds. The number of hydrogen-bond acceptors (Lipinski definition) is 5. The molecule has 1 saturated heterocycles. The van der Waals surface area contributed by atoms with Gasteiger partial charge >= 0.3 is 6.03 Å². The maximum Gasteiger partial charge on any atom is 0.325 e. The van der Waals surface area contributed by atoms with E-state index in [0.29, 0.717) is 17.7 Å². The van der Waals surface area contributed by atoms with Crippen LogP contribution < -0.4 is 10.1 Å². The molecule has 1 saturated carbocycles. The first-order valence-corrected chi connectivity index (χ1v) is 8.93. The van der Waals surface area contributed by atoms with Gasteiger partial charge in [-0.3, -0.25) is 14.5 Å². The average molecular weight is 360 g/mol. The molecule has 1 aromatic carbocycles. The van der Waals surface area contributed by atoms with Crippen molar-refractivity contribution in [2.75, 3.05) is 13.2 Å². The van der Waals surface area contributed by atoms with Crippen LogP contribution in [-0.4, -0.2) is 52.5 Å². The average Bonchev–Trinajstić information content (AvgIpc) is 3.46. The summed E-state index contributed by atoms with van der Waals surface area (Å²) >= 11 is 0. The first kappa shape index (κ1) is 18.4. The molecule has 0 radical (unpaired) electrons. The van der Waals surface area contributed by atoms with Crippen molar-refractivity contribution in [2.24, 2.45) is 5.92 Å². The van der Waals surface area contributed by atoms with Crippen LogP contribution in [0, 0.1) is 5.92 Å². The van der Waals surface area contributed by atoms with Gasteiger partial charge < -0.3 is 15.2 Å². The number of Topliss-reactive ketones (excluding diaryl/α,β-unsaturated/α-hetero) is 1. The number of ether oxygens (including phenoxy) is 1. The van der Waals surface area contributed by atoms with E-state index >= 15 is 0 Å². The largest absolute Gasteiger partial charge is 0.491 e. The number of ketones is 1. The van der Waals surface area contributed by atoms with Gasteiger partial charge in [-0.2, -0.15) is 0 Å². The fraction of sp³-hybridized carbons (Fsp3) is 0.526. The highest BCUT2D eigenvalue weighted by Gasteiger charge is 2.56. The number of nitrogens with one attached hydrogen (secondary N) is 1. The van der Waals surface area contributed by atoms with E-state index in [4.69, 9.17) is 4.74 Å². The number of rotatable bonds is 8. The second-order valence-electron chi connectivity index (χ2n) is 7.09. The van der Waals surface area contributed by atoms with Gasteiger partial charge in [0.1, 0.15) is 24.0 Å². The number of benzene rings is 1. The van der Waals surface area contributed by atoms with E-state index in [2.05, 4.69) is 5.32 Å². The van der Waals surface area contributed by atoms with Crippen LogP contribution in [0.25, 0.3) is 0 Å². The summed E-state index contributed by atoms with van der Waals surface area (Å²) in [5, 5.41) is 12.9. The first-order chi connectivity index (χ1) is 12.3. The number of hydrogen-bond donors (Lipinski definition) is 2. The van der Waals surface area contributed by atoms with Gasteiger partial charge in [-0.15, -0.1) is 0 Å². The number of aliphatic hydroxyl groups is 1. The summed E-state index contributed by atoms with van der Waals surface area (Å²) in [4.78, 5) is 37.3. The predicted molar refractivity (Wildman–Crippen MR) is 93.9 cm³/mol. The van der Waals surface area contributed by atoms with E-state index in [1.807, 2.05) is 0 Å². The van der Waals surface area contributed by atoms with Gasteiger partial charge in [0.15, 0.2) is 5.78 Å². The summed E-state index contributed by atoms with van der Waals surface area (Å²) in [5.74, 6) is 0.457. The van der Waals surface area contributed by atoms with Crippen molar-refractivity contribution in [3.8, 4) is 5.75 Å². The van der Waals surface area contributed by atoms with E-state index in [9.17, 15) is 19.5 Å². The number of carbonyl (C=O) groups is 3. The molecular formula is C19H24N2O5. The molecule has 2 aliphatic rings. The smallest absolute Gasteiger partial charge is 0.325 e. The van der Waals surface area contributed by atoms with E-state index < -0.39 is 17.7 Å². The van der Waals surface area contributed by atoms with Gasteiger partial charge in [0.25, 0.3) is 5.91 Å². The van der Waals surface area contributed by atoms with Crippen LogP contribution >= 0.6 is 0 Å². The molecule has 26 heavy (non-hydrogen) atoms. The molecule has 0 bridgehead atoms. The van der Waals surface area contributed by atoms with Crippen molar-refractivity contribution in [1.29, 1.82) is 0 Å². The Morgan fingerprint density at radius 2 is 2.00 bits per heavy atom. The third-order valence-electron chi connectivity index (χ3n) is 5.03. The van der Waals surface area contributed by atoms with Crippen molar-refractivity contribution < 1.29 is 24.2 Å². The standard InChI is InChI=1S/C19H24N2O5/c1-3-16(23)12-4-8-15(9-5-12)26-11-14(22)10-21-17(24)19(2,13-6-7-13)20-18(21)25/h4-5,8-9,13-14,22H,3,6-7,10-11H2,1-2H3,(H,20,25). The Morgan fingerprint density at radius 1 is 1.35 bits per heavy atom. The molecule has 140 valence electrons. The lowest BCUT2D eigenvalue weighted by Gasteiger charge is -2.22. The second-order valence-corrected chi connectivity index (χ2v) is 7.09. The molecule has 2 unspecified atom stereocenters. The molecular weight excluding hydrogens is 336 g/mol. The Kier molecular flexibility index (Phi) is 5.00. The Bertz CT molecular complexity index is 713. The van der Waals surface area contributed by atoms with Gasteiger partial charge in [0.2, 0.25) is 0 Å². The monoisotopic (exact) mass is 360 g/mol. The summed E-state index contributed by atoms with van der Waals surface area (Å²) in [6.07, 6.45) is 1.30. The minimum Gasteiger partial charge on any atom is -0.491 e. The van der Waals surface area contributed by atoms with Gasteiger partial charge in [-0.1, -0.05) is 6.92 Å². The van der Waals surface area contributed by atoms with Crippen molar-refractivity contribution in [3.05, 3.63) is 29.8 Å². The van der Waals surface area contributed by atoms with Gasteiger partial charge in [-0.25, -0.2) is 4.79 Å². The highest BCUT2D eigenvalue weighted by atomic mass is 16.5. The summed E-state index contributed by atoms with van der Waals surface area (Å²) in [6.45, 7) is 3.37. The first-order valence-electron chi connectivity index (χ1n) is 8.93. The number of carbonyl (C=O) groups excluding carboxylic acids is 3. The highest BCUT2D eigenvalue weighted by Crippen LogP contribution is 2.42. The predicted octanol–water partition coefficient (Wildman–Crippen LogP) is 1.74. The van der Waals surface area contributed by atoms with Crippen LogP contribution in [0.2, 0.25) is 0 Å². The summed E-state index contributed by atoms with van der Waals surface area (Å²) in [5.41, 5.74) is -0.238. The molecule has 1 aliphatic carbocycles. The van der Waals surface area contributed by atoms with Gasteiger partial charge in [-0.05, 0) is 49.9 Å². The topological polar surface area (TPSA) is 95.9 Å². The fourth-order valence-electron chi connectivity index (χ4n) is 3.22. The quantitative estimate of drug-likeness (QED) is 0.544. The molecule has 1 aliphatic heterocycles. The molecule has 0 aromatic heterocycles. The third-order valence-corrected chi connectivity index (χ3v) is 5.03. The lowest BCUT2D eigenvalue weighted by Crippen LogP contribution is -2.46. The zero-order valence-electron chi connectivity index (χ0n) is 15.0. The second kappa shape index (κ2) is 7.07. The van der Waals surface area contributed by atoms with Crippen LogP contribution in [0.1, 0.15) is 43.5 Å². The number of aliphatic hydroxyl groups excluding tert-OH is 1. The van der Waals surface area contributed by atoms with Crippen molar-refractivity contribution >= 4 is 17.7 Å². The van der Waals surface area contributed by atoms with Crippen LogP contribution in [0.3, 0.4) is 0 Å². The molecule has 2 fully saturated rings. The number of amides is 3. The van der Waals surface area contributed by atoms with Gasteiger partial charge in [0.05, 0.1) is 6.54 Å². The third kappa shape index (κ3) is 3.58. The summed E-state index contributed by atoms with van der Waals surface area (Å²) < 4.78 is 5.50. The van der Waals surface area contributed by atoms with E-state index in [0.717, 1.165) is 17.7 Å². The Balaban J connectivity index is 1.52.